The van der Waals surface area contributed by atoms with Gasteiger partial charge in [-0.15, -0.1) is 0 Å². The maximum atomic E-state index is 5.56. The van der Waals surface area contributed by atoms with Gasteiger partial charge in [0, 0.05) is 23.3 Å². The highest BCUT2D eigenvalue weighted by molar-refractivity contribution is 7.80. The summed E-state index contributed by atoms with van der Waals surface area (Å²) in [4.78, 5) is 0.444. The van der Waals surface area contributed by atoms with Crippen LogP contribution < -0.4 is 10.3 Å². The highest BCUT2D eigenvalue weighted by Crippen LogP contribution is 2.04. The highest BCUT2D eigenvalue weighted by Gasteiger charge is 2.02. The number of nitrogens with two attached hydrogens (primary N) is 1. The molecule has 0 amide bonds. The number of benzene rings is 1. The fraction of sp³-hybridized carbons (Fsp3) is 0.143. The van der Waals surface area contributed by atoms with Gasteiger partial charge in [-0.2, -0.15) is 0 Å². The Morgan fingerprint density at radius 1 is 1.12 bits per heavy atom. The number of thiocarbonyl (C=S) groups is 1. The molecule has 0 fully saturated rings. The number of pyridine rings is 1. The van der Waals surface area contributed by atoms with Crippen molar-refractivity contribution in [2.45, 2.75) is 13.5 Å². The Hall–Kier alpha value is -1.74. The van der Waals surface area contributed by atoms with Crippen LogP contribution in [0.1, 0.15) is 16.7 Å². The summed E-state index contributed by atoms with van der Waals surface area (Å²) in [5.41, 5.74) is 8.98. The van der Waals surface area contributed by atoms with Gasteiger partial charge in [-0.3, -0.25) is 0 Å². The predicted molar refractivity (Wildman–Crippen MR) is 72.8 cm³/mol. The predicted octanol–water partition coefficient (Wildman–Crippen LogP) is 1.97. The van der Waals surface area contributed by atoms with Gasteiger partial charge in [0.15, 0.2) is 18.9 Å². The normalized spacial score (nSPS) is 10.2. The van der Waals surface area contributed by atoms with Gasteiger partial charge >= 0.3 is 0 Å². The lowest BCUT2D eigenvalue weighted by Crippen LogP contribution is -2.33. The molecule has 2 aromatic rings. The van der Waals surface area contributed by atoms with Gasteiger partial charge in [0.05, 0.1) is 0 Å². The summed E-state index contributed by atoms with van der Waals surface area (Å²) >= 11 is 4.92. The van der Waals surface area contributed by atoms with Crippen LogP contribution in [0.5, 0.6) is 0 Å². The number of hydrogen-bond donors (Lipinski definition) is 1. The van der Waals surface area contributed by atoms with E-state index in [1.54, 1.807) is 0 Å². The second kappa shape index (κ2) is 5.06. The van der Waals surface area contributed by atoms with Crippen LogP contribution in [0.25, 0.3) is 0 Å². The van der Waals surface area contributed by atoms with Crippen LogP contribution in [-0.2, 0) is 6.54 Å². The first-order valence-electron chi connectivity index (χ1n) is 5.49. The third-order valence-electron chi connectivity index (χ3n) is 2.66. The van der Waals surface area contributed by atoms with Gasteiger partial charge in [0.25, 0.3) is 0 Å². The highest BCUT2D eigenvalue weighted by atomic mass is 32.1. The Balaban J connectivity index is 2.13. The molecule has 2 rings (SSSR count). The van der Waals surface area contributed by atoms with Gasteiger partial charge in [0.1, 0.15) is 4.99 Å². The Morgan fingerprint density at radius 3 is 2.24 bits per heavy atom. The molecular weight excluding hydrogens is 228 g/mol. The van der Waals surface area contributed by atoms with Crippen molar-refractivity contribution in [3.05, 3.63) is 65.5 Å². The van der Waals surface area contributed by atoms with Crippen LogP contribution in [0, 0.1) is 6.92 Å². The van der Waals surface area contributed by atoms with E-state index in [1.165, 1.54) is 11.1 Å². The lowest BCUT2D eigenvalue weighted by Gasteiger charge is -2.01. The molecule has 2 nitrogen and oxygen atoms in total. The molecule has 1 aromatic carbocycles. The van der Waals surface area contributed by atoms with Crippen molar-refractivity contribution in [1.29, 1.82) is 0 Å². The molecule has 0 radical (unpaired) electrons. The topological polar surface area (TPSA) is 29.9 Å². The van der Waals surface area contributed by atoms with Crippen molar-refractivity contribution in [2.75, 3.05) is 0 Å². The molecule has 1 aromatic heterocycles. The van der Waals surface area contributed by atoms with Crippen LogP contribution in [0.15, 0.2) is 48.8 Å². The molecule has 0 saturated carbocycles. The summed E-state index contributed by atoms with van der Waals surface area (Å²) in [5, 5.41) is 0. The smallest absolute Gasteiger partial charge is 0.173 e. The Labute approximate surface area is 107 Å². The average molecular weight is 243 g/mol. The third kappa shape index (κ3) is 3.11. The second-order valence-corrected chi connectivity index (χ2v) is 4.55. The van der Waals surface area contributed by atoms with E-state index in [0.29, 0.717) is 4.99 Å². The minimum Gasteiger partial charge on any atom is -0.389 e. The zero-order valence-electron chi connectivity index (χ0n) is 9.76. The Bertz CT molecular complexity index is 515. The zero-order chi connectivity index (χ0) is 12.3. The molecule has 0 aliphatic rings. The molecule has 1 heterocycles. The molecule has 0 unspecified atom stereocenters. The standard InChI is InChI=1S/C14H14N2S/c1-11-6-8-16(9-7-11)10-12-2-4-13(5-3-12)14(15)17/h2-9H,10H2,1H3,(H-,15,17)/p+1. The number of aryl methyl sites for hydroxylation is 1. The SMILES string of the molecule is Cc1cc[n+](Cc2ccc(C(N)=S)cc2)cc1. The number of rotatable bonds is 3. The van der Waals surface area contributed by atoms with Crippen molar-refractivity contribution in [3.8, 4) is 0 Å². The zero-order valence-corrected chi connectivity index (χ0v) is 10.6. The lowest BCUT2D eigenvalue weighted by molar-refractivity contribution is -0.688. The van der Waals surface area contributed by atoms with Gasteiger partial charge in [0.2, 0.25) is 0 Å². The largest absolute Gasteiger partial charge is 0.389 e. The summed E-state index contributed by atoms with van der Waals surface area (Å²) in [7, 11) is 0. The maximum Gasteiger partial charge on any atom is 0.173 e. The van der Waals surface area contributed by atoms with Crippen molar-refractivity contribution >= 4 is 17.2 Å². The van der Waals surface area contributed by atoms with Crippen LogP contribution in [0.2, 0.25) is 0 Å². The van der Waals surface area contributed by atoms with E-state index in [0.717, 1.165) is 12.1 Å². The van der Waals surface area contributed by atoms with E-state index in [9.17, 15) is 0 Å². The van der Waals surface area contributed by atoms with Crippen LogP contribution in [-0.4, -0.2) is 4.99 Å². The summed E-state index contributed by atoms with van der Waals surface area (Å²) in [6.45, 7) is 2.94. The molecule has 17 heavy (non-hydrogen) atoms. The van der Waals surface area contributed by atoms with E-state index in [2.05, 4.69) is 48.1 Å². The monoisotopic (exact) mass is 243 g/mol. The van der Waals surface area contributed by atoms with Crippen LogP contribution in [0.4, 0.5) is 0 Å². The molecule has 86 valence electrons. The van der Waals surface area contributed by atoms with Gasteiger partial charge in [-0.25, -0.2) is 4.57 Å². The van der Waals surface area contributed by atoms with Crippen LogP contribution >= 0.6 is 12.2 Å². The average Bonchev–Trinajstić information content (AvgIpc) is 2.33. The molecular formula is C14H15N2S+. The lowest BCUT2D eigenvalue weighted by atomic mass is 10.1. The van der Waals surface area contributed by atoms with E-state index in [-0.39, 0.29) is 0 Å². The van der Waals surface area contributed by atoms with Crippen molar-refractivity contribution in [1.82, 2.24) is 0 Å². The molecule has 0 aliphatic carbocycles. The molecule has 2 N–H and O–H groups in total. The maximum absolute atomic E-state index is 5.56. The van der Waals surface area contributed by atoms with Gasteiger partial charge in [-0.1, -0.05) is 36.5 Å². The Morgan fingerprint density at radius 2 is 1.71 bits per heavy atom. The van der Waals surface area contributed by atoms with E-state index in [4.69, 9.17) is 18.0 Å². The van der Waals surface area contributed by atoms with Crippen molar-refractivity contribution in [2.24, 2.45) is 5.73 Å². The first-order chi connectivity index (χ1) is 8.15. The number of aromatic nitrogens is 1. The minimum atomic E-state index is 0.444. The molecule has 0 atom stereocenters. The quantitative estimate of drug-likeness (QED) is 0.660. The van der Waals surface area contributed by atoms with Gasteiger partial charge < -0.3 is 5.73 Å². The van der Waals surface area contributed by atoms with E-state index in [1.807, 2.05) is 12.1 Å². The minimum absolute atomic E-state index is 0.444. The van der Waals surface area contributed by atoms with Crippen LogP contribution in [0.3, 0.4) is 0 Å². The number of hydrogen-bond acceptors (Lipinski definition) is 1. The molecule has 3 heteroatoms. The molecule has 0 spiro atoms. The first kappa shape index (κ1) is 11.7. The second-order valence-electron chi connectivity index (χ2n) is 4.11. The molecule has 0 bridgehead atoms. The Kier molecular flexibility index (Phi) is 3.49. The first-order valence-corrected chi connectivity index (χ1v) is 5.90. The van der Waals surface area contributed by atoms with Crippen molar-refractivity contribution in [3.63, 3.8) is 0 Å². The fourth-order valence-electron chi connectivity index (χ4n) is 1.62. The number of nitrogens with zero attached hydrogens (tertiary/aromatic N) is 1. The van der Waals surface area contributed by atoms with Gasteiger partial charge in [-0.05, 0) is 12.5 Å². The summed E-state index contributed by atoms with van der Waals surface area (Å²) in [6.07, 6.45) is 4.16. The fourth-order valence-corrected chi connectivity index (χ4v) is 1.76. The summed E-state index contributed by atoms with van der Waals surface area (Å²) in [5.74, 6) is 0. The van der Waals surface area contributed by atoms with E-state index < -0.39 is 0 Å². The molecule has 0 saturated heterocycles. The van der Waals surface area contributed by atoms with Crippen molar-refractivity contribution < 1.29 is 4.57 Å². The summed E-state index contributed by atoms with van der Waals surface area (Å²) < 4.78 is 2.14. The summed E-state index contributed by atoms with van der Waals surface area (Å²) in [6, 6.07) is 12.2. The van der Waals surface area contributed by atoms with E-state index >= 15 is 0 Å². The third-order valence-corrected chi connectivity index (χ3v) is 2.90. The molecule has 0 aliphatic heterocycles.